The van der Waals surface area contributed by atoms with E-state index in [4.69, 9.17) is 0 Å². The second-order valence-electron chi connectivity index (χ2n) is 6.96. The number of pyridine rings is 1. The third-order valence-corrected chi connectivity index (χ3v) is 4.48. The highest BCUT2D eigenvalue weighted by Crippen LogP contribution is 2.23. The maximum Gasteiger partial charge on any atom is 0.673 e. The summed E-state index contributed by atoms with van der Waals surface area (Å²) in [5.41, 5.74) is 10.3. The van der Waals surface area contributed by atoms with Crippen molar-refractivity contribution in [1.29, 1.82) is 0 Å². The van der Waals surface area contributed by atoms with Crippen molar-refractivity contribution in [2.24, 2.45) is 0 Å². The Morgan fingerprint density at radius 2 is 1.07 bits per heavy atom. The van der Waals surface area contributed by atoms with Gasteiger partial charge in [-0.15, -0.1) is 0 Å². The van der Waals surface area contributed by atoms with E-state index in [9.17, 15) is 17.3 Å². The van der Waals surface area contributed by atoms with Crippen molar-refractivity contribution in [3.8, 4) is 16.8 Å². The van der Waals surface area contributed by atoms with Crippen LogP contribution in [0.2, 0.25) is 0 Å². The van der Waals surface area contributed by atoms with Crippen LogP contribution in [0.4, 0.5) is 17.3 Å². The van der Waals surface area contributed by atoms with Crippen LogP contribution in [0.15, 0.2) is 54.6 Å². The molecule has 2 aromatic carbocycles. The number of rotatable bonds is 2. The standard InChI is InChI=1S/C22H24N.BF4/c1-15-9-11-20(12-10-15)21-13-18(4)23(19(5)14-21)22-16(2)7-6-8-17(22)3;2-1(3,4)5/h6-14H,1-5H3;/q+1;-1. The topological polar surface area (TPSA) is 3.88 Å². The lowest BCUT2D eigenvalue weighted by molar-refractivity contribution is -0.610. The number of aromatic nitrogens is 1. The van der Waals surface area contributed by atoms with Crippen molar-refractivity contribution in [2.75, 3.05) is 0 Å². The average Bonchev–Trinajstić information content (AvgIpc) is 2.56. The van der Waals surface area contributed by atoms with E-state index in [1.165, 1.54) is 44.9 Å². The Kier molecular flexibility index (Phi) is 6.65. The van der Waals surface area contributed by atoms with Gasteiger partial charge in [0.15, 0.2) is 11.4 Å². The quantitative estimate of drug-likeness (QED) is 0.269. The Bertz CT molecular complexity index is 914. The molecule has 1 aromatic heterocycles. The predicted octanol–water partition coefficient (Wildman–Crippen LogP) is 6.47. The molecule has 0 aliphatic heterocycles. The molecule has 3 aromatic rings. The third kappa shape index (κ3) is 5.68. The molecule has 6 heteroatoms. The van der Waals surface area contributed by atoms with Gasteiger partial charge in [-0.2, -0.15) is 4.57 Å². The third-order valence-electron chi connectivity index (χ3n) is 4.48. The summed E-state index contributed by atoms with van der Waals surface area (Å²) >= 11 is 0. The van der Waals surface area contributed by atoms with E-state index in [2.05, 4.69) is 93.8 Å². The van der Waals surface area contributed by atoms with Crippen LogP contribution in [0.5, 0.6) is 0 Å². The summed E-state index contributed by atoms with van der Waals surface area (Å²) < 4.78 is 41.4. The van der Waals surface area contributed by atoms with E-state index in [1.807, 2.05) is 0 Å². The summed E-state index contributed by atoms with van der Waals surface area (Å²) in [6.07, 6.45) is 0. The normalized spacial score (nSPS) is 11.0. The van der Waals surface area contributed by atoms with Gasteiger partial charge in [0.2, 0.25) is 5.69 Å². The van der Waals surface area contributed by atoms with E-state index in [1.54, 1.807) is 0 Å². The molecule has 0 fully saturated rings. The van der Waals surface area contributed by atoms with E-state index < -0.39 is 7.25 Å². The highest BCUT2D eigenvalue weighted by atomic mass is 19.5. The Morgan fingerprint density at radius 1 is 0.643 bits per heavy atom. The number of nitrogens with zero attached hydrogens (tertiary/aromatic N) is 1. The van der Waals surface area contributed by atoms with Gasteiger partial charge >= 0.3 is 7.25 Å². The minimum absolute atomic E-state index is 1.26. The fourth-order valence-electron chi connectivity index (χ4n) is 3.32. The van der Waals surface area contributed by atoms with Crippen molar-refractivity contribution in [3.05, 3.63) is 82.7 Å². The molecule has 3 rings (SSSR count). The summed E-state index contributed by atoms with van der Waals surface area (Å²) in [7, 11) is -6.00. The van der Waals surface area contributed by atoms with Crippen LogP contribution < -0.4 is 4.57 Å². The Morgan fingerprint density at radius 3 is 1.50 bits per heavy atom. The van der Waals surface area contributed by atoms with E-state index in [0.717, 1.165) is 0 Å². The van der Waals surface area contributed by atoms with E-state index >= 15 is 0 Å². The molecular formula is C22H24BF4N. The van der Waals surface area contributed by atoms with Gasteiger partial charge in [-0.25, -0.2) is 0 Å². The molecule has 0 amide bonds. The van der Waals surface area contributed by atoms with Gasteiger partial charge in [0.25, 0.3) is 0 Å². The minimum Gasteiger partial charge on any atom is -0.418 e. The number of para-hydroxylation sites is 1. The highest BCUT2D eigenvalue weighted by molar-refractivity contribution is 6.50. The Hall–Kier alpha value is -2.63. The molecule has 0 saturated heterocycles. The number of halogens is 4. The van der Waals surface area contributed by atoms with Crippen LogP contribution in [-0.4, -0.2) is 7.25 Å². The van der Waals surface area contributed by atoms with Gasteiger partial charge in [-0.05, 0) is 31.9 Å². The van der Waals surface area contributed by atoms with Crippen molar-refractivity contribution in [2.45, 2.75) is 34.6 Å². The molecule has 0 aliphatic carbocycles. The van der Waals surface area contributed by atoms with Crippen LogP contribution >= 0.6 is 0 Å². The first-order valence-corrected chi connectivity index (χ1v) is 9.01. The highest BCUT2D eigenvalue weighted by Gasteiger charge is 2.21. The Balaban J connectivity index is 0.000000500. The zero-order valence-corrected chi connectivity index (χ0v) is 16.7. The summed E-state index contributed by atoms with van der Waals surface area (Å²) in [6, 6.07) is 19.8. The maximum atomic E-state index is 9.75. The fourth-order valence-corrected chi connectivity index (χ4v) is 3.32. The summed E-state index contributed by atoms with van der Waals surface area (Å²) in [5.74, 6) is 0. The molecule has 1 heterocycles. The van der Waals surface area contributed by atoms with Gasteiger partial charge < -0.3 is 17.3 Å². The van der Waals surface area contributed by atoms with Crippen molar-refractivity contribution < 1.29 is 21.8 Å². The number of hydrogen-bond donors (Lipinski definition) is 0. The molecule has 0 bridgehead atoms. The van der Waals surface area contributed by atoms with Gasteiger partial charge in [0, 0.05) is 37.1 Å². The SMILES string of the molecule is Cc1ccc(-c2cc(C)[n+](-c3c(C)cccc3C)c(C)c2)cc1.F[B-](F)(F)F. The zero-order chi connectivity index (χ0) is 21.1. The smallest absolute Gasteiger partial charge is 0.418 e. The first kappa shape index (κ1) is 21.7. The molecule has 0 aliphatic rings. The van der Waals surface area contributed by atoms with Crippen molar-refractivity contribution in [1.82, 2.24) is 0 Å². The monoisotopic (exact) mass is 389 g/mol. The second kappa shape index (κ2) is 8.59. The average molecular weight is 389 g/mol. The summed E-state index contributed by atoms with van der Waals surface area (Å²) in [5, 5.41) is 0. The lowest BCUT2D eigenvalue weighted by atomic mass is 10.0. The van der Waals surface area contributed by atoms with Crippen molar-refractivity contribution in [3.63, 3.8) is 0 Å². The predicted molar refractivity (Wildman–Crippen MR) is 107 cm³/mol. The first-order valence-electron chi connectivity index (χ1n) is 9.01. The van der Waals surface area contributed by atoms with E-state index in [0.29, 0.717) is 0 Å². The van der Waals surface area contributed by atoms with Crippen LogP contribution in [0.3, 0.4) is 0 Å². The van der Waals surface area contributed by atoms with Gasteiger partial charge in [-0.3, -0.25) is 0 Å². The van der Waals surface area contributed by atoms with Crippen LogP contribution in [0.1, 0.15) is 28.1 Å². The van der Waals surface area contributed by atoms with Crippen LogP contribution in [0.25, 0.3) is 16.8 Å². The molecule has 28 heavy (non-hydrogen) atoms. The molecular weight excluding hydrogens is 365 g/mol. The summed E-state index contributed by atoms with van der Waals surface area (Å²) in [6.45, 7) is 10.9. The van der Waals surface area contributed by atoms with Gasteiger partial charge in [-0.1, -0.05) is 48.0 Å². The number of hydrogen-bond acceptors (Lipinski definition) is 0. The first-order chi connectivity index (χ1) is 13.0. The molecule has 1 nitrogen and oxygen atoms in total. The van der Waals surface area contributed by atoms with Gasteiger partial charge in [0.05, 0.1) is 0 Å². The number of aryl methyl sites for hydroxylation is 5. The largest absolute Gasteiger partial charge is 0.673 e. The van der Waals surface area contributed by atoms with Crippen LogP contribution in [-0.2, 0) is 0 Å². The Labute approximate surface area is 163 Å². The van der Waals surface area contributed by atoms with E-state index in [-0.39, 0.29) is 0 Å². The number of benzene rings is 2. The molecule has 0 unspecified atom stereocenters. The van der Waals surface area contributed by atoms with Crippen molar-refractivity contribution >= 4 is 7.25 Å². The lowest BCUT2D eigenvalue weighted by Gasteiger charge is -2.11. The molecule has 0 spiro atoms. The summed E-state index contributed by atoms with van der Waals surface area (Å²) in [4.78, 5) is 0. The fraction of sp³-hybridized carbons (Fsp3) is 0.227. The van der Waals surface area contributed by atoms with Crippen LogP contribution in [0, 0.1) is 34.6 Å². The molecule has 0 atom stereocenters. The molecule has 0 radical (unpaired) electrons. The molecule has 0 N–H and O–H groups in total. The molecule has 148 valence electrons. The molecule has 0 saturated carbocycles. The lowest BCUT2D eigenvalue weighted by Crippen LogP contribution is -2.39. The zero-order valence-electron chi connectivity index (χ0n) is 16.7. The minimum atomic E-state index is -6.00. The second-order valence-corrected chi connectivity index (χ2v) is 6.96. The maximum absolute atomic E-state index is 9.75. The van der Waals surface area contributed by atoms with Gasteiger partial charge in [0.1, 0.15) is 0 Å².